The summed E-state index contributed by atoms with van der Waals surface area (Å²) in [5, 5.41) is 2.66. The Hall–Kier alpha value is -4.26. The fourth-order valence-corrected chi connectivity index (χ4v) is 3.53. The number of carbonyl (C=O) groups excluding carboxylic acids is 2. The number of benzene rings is 2. The molecule has 0 aliphatic heterocycles. The number of pyridine rings is 1. The molecule has 4 aromatic rings. The lowest BCUT2D eigenvalue weighted by atomic mass is 10.0. The normalized spacial score (nSPS) is 10.6. The fraction of sp³-hybridized carbons (Fsp3) is 0.120. The minimum Gasteiger partial charge on any atom is -0.497 e. The van der Waals surface area contributed by atoms with E-state index in [-0.39, 0.29) is 5.69 Å². The van der Waals surface area contributed by atoms with Crippen LogP contribution in [0.3, 0.4) is 0 Å². The van der Waals surface area contributed by atoms with Gasteiger partial charge in [-0.1, -0.05) is 18.2 Å². The van der Waals surface area contributed by atoms with Crippen molar-refractivity contribution < 1.29 is 23.8 Å². The highest BCUT2D eigenvalue weighted by molar-refractivity contribution is 6.47. The number of fused-ring (bicyclic) bond motifs is 1. The minimum absolute atomic E-state index is 0.274. The highest BCUT2D eigenvalue weighted by Gasteiger charge is 2.25. The monoisotopic (exact) mass is 430 g/mol. The second-order valence-corrected chi connectivity index (χ2v) is 6.98. The van der Waals surface area contributed by atoms with Crippen molar-refractivity contribution in [1.82, 2.24) is 4.40 Å². The van der Waals surface area contributed by atoms with E-state index in [2.05, 4.69) is 5.32 Å². The molecule has 7 heteroatoms. The molecular weight excluding hydrogens is 408 g/mol. The van der Waals surface area contributed by atoms with Crippen LogP contribution in [0.15, 0.2) is 72.9 Å². The molecule has 0 atom stereocenters. The summed E-state index contributed by atoms with van der Waals surface area (Å²) in [6.07, 6.45) is 1.76. The number of hydrogen-bond acceptors (Lipinski definition) is 5. The number of nitrogens with zero attached hydrogens (tertiary/aromatic N) is 1. The molecule has 32 heavy (non-hydrogen) atoms. The van der Waals surface area contributed by atoms with E-state index in [4.69, 9.17) is 14.2 Å². The summed E-state index contributed by atoms with van der Waals surface area (Å²) in [7, 11) is 4.61. The zero-order valence-electron chi connectivity index (χ0n) is 17.9. The molecule has 0 saturated heterocycles. The number of rotatable bonds is 7. The zero-order chi connectivity index (χ0) is 22.7. The standard InChI is InChI=1S/C25H22N2O5/c1-30-18-9-7-16(8-10-18)20-14-17-6-4-5-13-27(17)23(20)24(28)25(29)26-21-12-11-19(31-2)15-22(21)32-3/h4-15H,1-3H3,(H,26,29). The third-order valence-corrected chi connectivity index (χ3v) is 5.16. The molecular formula is C25H22N2O5. The van der Waals surface area contributed by atoms with E-state index in [0.29, 0.717) is 28.5 Å². The maximum Gasteiger partial charge on any atom is 0.298 e. The van der Waals surface area contributed by atoms with Gasteiger partial charge in [0.15, 0.2) is 0 Å². The minimum atomic E-state index is -0.771. The van der Waals surface area contributed by atoms with Gasteiger partial charge in [-0.2, -0.15) is 0 Å². The van der Waals surface area contributed by atoms with Gasteiger partial charge in [-0.05, 0) is 48.0 Å². The maximum atomic E-state index is 13.3. The number of aromatic nitrogens is 1. The van der Waals surface area contributed by atoms with Crippen molar-refractivity contribution in [2.75, 3.05) is 26.6 Å². The molecule has 0 spiro atoms. The third kappa shape index (κ3) is 3.88. The largest absolute Gasteiger partial charge is 0.497 e. The second kappa shape index (κ2) is 8.85. The second-order valence-electron chi connectivity index (χ2n) is 6.98. The first-order valence-electron chi connectivity index (χ1n) is 9.88. The zero-order valence-corrected chi connectivity index (χ0v) is 17.9. The number of anilines is 1. The summed E-state index contributed by atoms with van der Waals surface area (Å²) < 4.78 is 17.4. The van der Waals surface area contributed by atoms with Gasteiger partial charge in [-0.15, -0.1) is 0 Å². The molecule has 0 aliphatic rings. The van der Waals surface area contributed by atoms with E-state index < -0.39 is 11.7 Å². The first-order chi connectivity index (χ1) is 15.5. The summed E-state index contributed by atoms with van der Waals surface area (Å²) in [4.78, 5) is 26.3. The van der Waals surface area contributed by atoms with Crippen molar-refractivity contribution in [3.63, 3.8) is 0 Å². The molecule has 7 nitrogen and oxygen atoms in total. The molecule has 0 radical (unpaired) electrons. The lowest BCUT2D eigenvalue weighted by molar-refractivity contribution is -0.112. The number of carbonyl (C=O) groups is 2. The van der Waals surface area contributed by atoms with Gasteiger partial charge in [0.1, 0.15) is 22.9 Å². The Morgan fingerprint density at radius 3 is 2.22 bits per heavy atom. The van der Waals surface area contributed by atoms with Crippen molar-refractivity contribution in [3.8, 4) is 28.4 Å². The number of nitrogens with one attached hydrogen (secondary N) is 1. The smallest absolute Gasteiger partial charge is 0.298 e. The Kier molecular flexibility index (Phi) is 5.81. The van der Waals surface area contributed by atoms with E-state index in [9.17, 15) is 9.59 Å². The van der Waals surface area contributed by atoms with Crippen LogP contribution in [0, 0.1) is 0 Å². The average Bonchev–Trinajstić information content (AvgIpc) is 3.23. The lowest BCUT2D eigenvalue weighted by Crippen LogP contribution is -2.25. The van der Waals surface area contributed by atoms with E-state index in [0.717, 1.165) is 11.1 Å². The van der Waals surface area contributed by atoms with Gasteiger partial charge >= 0.3 is 0 Å². The van der Waals surface area contributed by atoms with Crippen LogP contribution in [0.25, 0.3) is 16.6 Å². The molecule has 2 aromatic carbocycles. The van der Waals surface area contributed by atoms with Gasteiger partial charge < -0.3 is 23.9 Å². The molecule has 4 rings (SSSR count). The van der Waals surface area contributed by atoms with Crippen molar-refractivity contribution in [1.29, 1.82) is 0 Å². The van der Waals surface area contributed by atoms with Gasteiger partial charge in [-0.25, -0.2) is 0 Å². The van der Waals surface area contributed by atoms with Crippen molar-refractivity contribution in [3.05, 3.63) is 78.6 Å². The van der Waals surface area contributed by atoms with Crippen LogP contribution in [0.1, 0.15) is 10.5 Å². The molecule has 0 bridgehead atoms. The van der Waals surface area contributed by atoms with Gasteiger partial charge in [0.2, 0.25) is 0 Å². The number of hydrogen-bond donors (Lipinski definition) is 1. The Bertz CT molecular complexity index is 1290. The predicted molar refractivity (Wildman–Crippen MR) is 122 cm³/mol. The van der Waals surface area contributed by atoms with Crippen LogP contribution in [0.5, 0.6) is 17.2 Å². The van der Waals surface area contributed by atoms with Crippen molar-refractivity contribution in [2.24, 2.45) is 0 Å². The summed E-state index contributed by atoms with van der Waals surface area (Å²) >= 11 is 0. The number of Topliss-reactive ketones (excluding diaryl/α,β-unsaturated/α-hetero) is 1. The van der Waals surface area contributed by atoms with Crippen LogP contribution >= 0.6 is 0 Å². The van der Waals surface area contributed by atoms with Crippen LogP contribution in [0.4, 0.5) is 5.69 Å². The first-order valence-corrected chi connectivity index (χ1v) is 9.88. The maximum absolute atomic E-state index is 13.3. The Morgan fingerprint density at radius 1 is 0.812 bits per heavy atom. The quantitative estimate of drug-likeness (QED) is 0.346. The van der Waals surface area contributed by atoms with Gasteiger partial charge in [0, 0.05) is 23.3 Å². The molecule has 0 saturated carbocycles. The van der Waals surface area contributed by atoms with Crippen LogP contribution in [0.2, 0.25) is 0 Å². The SMILES string of the molecule is COc1ccc(-c2cc3ccccn3c2C(=O)C(=O)Nc2ccc(OC)cc2OC)cc1. The molecule has 0 fully saturated rings. The van der Waals surface area contributed by atoms with E-state index in [1.54, 1.807) is 35.9 Å². The number of amides is 1. The predicted octanol–water partition coefficient (Wildman–Crippen LogP) is 4.45. The number of methoxy groups -OCH3 is 3. The highest BCUT2D eigenvalue weighted by Crippen LogP contribution is 2.32. The number of ether oxygens (including phenoxy) is 3. The van der Waals surface area contributed by atoms with Crippen LogP contribution < -0.4 is 19.5 Å². The summed E-state index contributed by atoms with van der Waals surface area (Å²) in [5.74, 6) is 0.230. The van der Waals surface area contributed by atoms with Crippen LogP contribution in [-0.2, 0) is 4.79 Å². The summed E-state index contributed by atoms with van der Waals surface area (Å²) in [5.41, 5.74) is 2.90. The van der Waals surface area contributed by atoms with Gasteiger partial charge in [0.25, 0.3) is 11.7 Å². The lowest BCUT2D eigenvalue weighted by Gasteiger charge is -2.12. The number of ketones is 1. The van der Waals surface area contributed by atoms with Crippen molar-refractivity contribution >= 4 is 22.9 Å². The van der Waals surface area contributed by atoms with Gasteiger partial charge in [-0.3, -0.25) is 9.59 Å². The molecule has 1 amide bonds. The van der Waals surface area contributed by atoms with E-state index in [1.807, 2.05) is 48.5 Å². The summed E-state index contributed by atoms with van der Waals surface area (Å²) in [6, 6.07) is 19.7. The average molecular weight is 430 g/mol. The molecule has 1 N–H and O–H groups in total. The summed E-state index contributed by atoms with van der Waals surface area (Å²) in [6.45, 7) is 0. The van der Waals surface area contributed by atoms with E-state index >= 15 is 0 Å². The topological polar surface area (TPSA) is 78.3 Å². The Morgan fingerprint density at radius 2 is 1.53 bits per heavy atom. The molecule has 2 aromatic heterocycles. The fourth-order valence-electron chi connectivity index (χ4n) is 3.53. The van der Waals surface area contributed by atoms with Crippen LogP contribution in [-0.4, -0.2) is 37.4 Å². The third-order valence-electron chi connectivity index (χ3n) is 5.16. The molecule has 0 aliphatic carbocycles. The Balaban J connectivity index is 1.73. The van der Waals surface area contributed by atoms with E-state index in [1.165, 1.54) is 14.2 Å². The van der Waals surface area contributed by atoms with Crippen molar-refractivity contribution in [2.45, 2.75) is 0 Å². The highest BCUT2D eigenvalue weighted by atomic mass is 16.5. The Labute approximate surface area is 185 Å². The molecule has 162 valence electrons. The van der Waals surface area contributed by atoms with Gasteiger partial charge in [0.05, 0.1) is 27.0 Å². The molecule has 2 heterocycles. The molecule has 0 unspecified atom stereocenters. The first kappa shape index (κ1) is 21.0.